The van der Waals surface area contributed by atoms with Gasteiger partial charge in [0.2, 0.25) is 0 Å². The second-order valence-corrected chi connectivity index (χ2v) is 6.29. The quantitative estimate of drug-likeness (QED) is 0.471. The second kappa shape index (κ2) is 5.60. The van der Waals surface area contributed by atoms with Crippen LogP contribution in [0.1, 0.15) is 13.3 Å². The van der Waals surface area contributed by atoms with Crippen molar-refractivity contribution in [3.05, 3.63) is 28.3 Å². The van der Waals surface area contributed by atoms with Gasteiger partial charge < -0.3 is 4.74 Å². The predicted octanol–water partition coefficient (Wildman–Crippen LogP) is 1.41. The minimum absolute atomic E-state index is 0.103. The molecule has 0 bridgehead atoms. The third-order valence-electron chi connectivity index (χ3n) is 2.78. The van der Waals surface area contributed by atoms with E-state index in [1.54, 1.807) is 6.92 Å². The lowest BCUT2D eigenvalue weighted by Gasteiger charge is -2.15. The highest BCUT2D eigenvalue weighted by Gasteiger charge is 2.29. The van der Waals surface area contributed by atoms with Gasteiger partial charge in [-0.05, 0) is 13.0 Å². The normalized spacial score (nSPS) is 15.8. The Bertz CT molecular complexity index is 738. The molecule has 0 atom stereocenters. The van der Waals surface area contributed by atoms with E-state index in [0.29, 0.717) is 0 Å². The largest absolute Gasteiger partial charge is 0.466 e. The van der Waals surface area contributed by atoms with Gasteiger partial charge in [0.25, 0.3) is 5.69 Å². The topological polar surface area (TPSA) is 116 Å². The van der Waals surface area contributed by atoms with Crippen LogP contribution in [0.5, 0.6) is 0 Å². The Balaban J connectivity index is 2.40. The van der Waals surface area contributed by atoms with Crippen LogP contribution in [0.3, 0.4) is 0 Å². The van der Waals surface area contributed by atoms with Crippen LogP contribution < -0.4 is 0 Å². The highest BCUT2D eigenvalue weighted by molar-refractivity contribution is 7.92. The second-order valence-electron chi connectivity index (χ2n) is 4.33. The highest BCUT2D eigenvalue weighted by atomic mass is 32.2. The lowest BCUT2D eigenvalue weighted by molar-refractivity contribution is -0.385. The van der Waals surface area contributed by atoms with Crippen LogP contribution in [0.2, 0.25) is 0 Å². The fraction of sp³-hybridized carbons (Fsp3) is 0.333. The molecule has 2 rings (SSSR count). The smallest absolute Gasteiger partial charge is 0.311 e. The molecule has 0 fully saturated rings. The molecule has 1 aliphatic rings. The van der Waals surface area contributed by atoms with Gasteiger partial charge in [0.1, 0.15) is 0 Å². The Morgan fingerprint density at radius 2 is 2.19 bits per heavy atom. The first-order valence-corrected chi connectivity index (χ1v) is 7.72. The van der Waals surface area contributed by atoms with Gasteiger partial charge in [0.15, 0.2) is 9.84 Å². The number of nitro groups is 1. The van der Waals surface area contributed by atoms with E-state index in [4.69, 9.17) is 4.74 Å². The molecule has 1 aliphatic heterocycles. The number of rotatable bonds is 4. The van der Waals surface area contributed by atoms with E-state index in [1.165, 1.54) is 12.1 Å². The number of hydrogen-bond donors (Lipinski definition) is 0. The predicted molar refractivity (Wildman–Crippen MR) is 73.5 cm³/mol. The van der Waals surface area contributed by atoms with Gasteiger partial charge in [-0.3, -0.25) is 19.9 Å². The summed E-state index contributed by atoms with van der Waals surface area (Å²) in [6.45, 7) is 1.84. The number of esters is 1. The van der Waals surface area contributed by atoms with Crippen LogP contribution >= 0.6 is 0 Å². The van der Waals surface area contributed by atoms with Gasteiger partial charge in [-0.15, -0.1) is 0 Å². The molecule has 0 aromatic heterocycles. The fourth-order valence-electron chi connectivity index (χ4n) is 1.93. The van der Waals surface area contributed by atoms with Crippen LogP contribution in [0.15, 0.2) is 28.1 Å². The Hall–Kier alpha value is -2.29. The maximum Gasteiger partial charge on any atom is 0.311 e. The summed E-state index contributed by atoms with van der Waals surface area (Å²) in [5.41, 5.74) is -0.0534. The number of carbonyl (C=O) groups is 1. The minimum atomic E-state index is -3.75. The SMILES string of the molecule is CCOC(=O)CC1=Nc2ccc([N+](=O)[O-])cc2S(=O)(=O)C1. The lowest BCUT2D eigenvalue weighted by Crippen LogP contribution is -2.23. The summed E-state index contributed by atoms with van der Waals surface area (Å²) in [6, 6.07) is 3.41. The molecule has 0 saturated carbocycles. The van der Waals surface area contributed by atoms with Gasteiger partial charge in [0, 0.05) is 17.8 Å². The Kier molecular flexibility index (Phi) is 4.03. The molecule has 1 aromatic carbocycles. The number of ether oxygens (including phenoxy) is 1. The van der Waals surface area contributed by atoms with Gasteiger partial charge in [-0.25, -0.2) is 8.42 Å². The molecule has 0 amide bonds. The van der Waals surface area contributed by atoms with Crippen molar-refractivity contribution in [1.29, 1.82) is 0 Å². The third kappa shape index (κ3) is 3.24. The van der Waals surface area contributed by atoms with Crippen molar-refractivity contribution in [1.82, 2.24) is 0 Å². The van der Waals surface area contributed by atoms with Gasteiger partial charge in [-0.1, -0.05) is 0 Å². The molecule has 0 aliphatic carbocycles. The third-order valence-corrected chi connectivity index (χ3v) is 4.49. The molecule has 9 heteroatoms. The molecule has 0 N–H and O–H groups in total. The van der Waals surface area contributed by atoms with Crippen LogP contribution in [0.4, 0.5) is 11.4 Å². The number of nitro benzene ring substituents is 1. The zero-order valence-corrected chi connectivity index (χ0v) is 11.9. The molecule has 0 unspecified atom stereocenters. The molecular weight excluding hydrogens is 300 g/mol. The first-order valence-electron chi connectivity index (χ1n) is 6.06. The van der Waals surface area contributed by atoms with Crippen molar-refractivity contribution in [3.63, 3.8) is 0 Å². The Morgan fingerprint density at radius 3 is 2.81 bits per heavy atom. The summed E-state index contributed by atoms with van der Waals surface area (Å²) in [5, 5.41) is 10.7. The average Bonchev–Trinajstić information content (AvgIpc) is 2.37. The number of benzene rings is 1. The van der Waals surface area contributed by atoms with Crippen LogP contribution in [0, 0.1) is 10.1 Å². The molecule has 0 saturated heterocycles. The maximum absolute atomic E-state index is 12.1. The monoisotopic (exact) mass is 312 g/mol. The molecule has 1 heterocycles. The summed E-state index contributed by atoms with van der Waals surface area (Å²) >= 11 is 0. The summed E-state index contributed by atoms with van der Waals surface area (Å²) in [5.74, 6) is -1.00. The zero-order valence-electron chi connectivity index (χ0n) is 11.1. The van der Waals surface area contributed by atoms with E-state index >= 15 is 0 Å². The number of carbonyl (C=O) groups excluding carboxylic acids is 1. The number of non-ortho nitro benzene ring substituents is 1. The summed E-state index contributed by atoms with van der Waals surface area (Å²) in [6.07, 6.45) is -0.219. The van der Waals surface area contributed by atoms with Gasteiger partial charge in [-0.2, -0.15) is 0 Å². The first kappa shape index (κ1) is 15.1. The number of fused-ring (bicyclic) bond motifs is 1. The molecule has 21 heavy (non-hydrogen) atoms. The Morgan fingerprint density at radius 1 is 1.48 bits per heavy atom. The highest BCUT2D eigenvalue weighted by Crippen LogP contribution is 2.33. The first-order chi connectivity index (χ1) is 9.83. The van der Waals surface area contributed by atoms with Crippen LogP contribution in [-0.2, 0) is 19.4 Å². The Labute approximate surface area is 120 Å². The van der Waals surface area contributed by atoms with E-state index in [0.717, 1.165) is 6.07 Å². The van der Waals surface area contributed by atoms with Gasteiger partial charge in [0.05, 0.1) is 34.3 Å². The standard InChI is InChI=1S/C12H12N2O6S/c1-2-20-12(15)5-8-7-21(18,19)11-6-9(14(16)17)3-4-10(11)13-8/h3-4,6H,2,5,7H2,1H3. The zero-order chi connectivity index (χ0) is 15.6. The van der Waals surface area contributed by atoms with Crippen LogP contribution in [0.25, 0.3) is 0 Å². The van der Waals surface area contributed by atoms with Crippen molar-refractivity contribution >= 4 is 32.9 Å². The summed E-state index contributed by atoms with van der Waals surface area (Å²) in [7, 11) is -3.75. The fourth-order valence-corrected chi connectivity index (χ4v) is 3.42. The van der Waals surface area contributed by atoms with Crippen LogP contribution in [-0.4, -0.2) is 37.4 Å². The van der Waals surface area contributed by atoms with E-state index in [1.807, 2.05) is 0 Å². The minimum Gasteiger partial charge on any atom is -0.466 e. The number of nitrogens with zero attached hydrogens (tertiary/aromatic N) is 2. The molecule has 0 spiro atoms. The molecule has 8 nitrogen and oxygen atoms in total. The summed E-state index contributed by atoms with van der Waals surface area (Å²) < 4.78 is 29.0. The molecule has 112 valence electrons. The van der Waals surface area contributed by atoms with Crippen molar-refractivity contribution < 1.29 is 22.9 Å². The van der Waals surface area contributed by atoms with Crippen molar-refractivity contribution in [2.45, 2.75) is 18.2 Å². The molecule has 1 aromatic rings. The number of aliphatic imine (C=N–C) groups is 1. The van der Waals surface area contributed by atoms with E-state index < -0.39 is 26.5 Å². The van der Waals surface area contributed by atoms with E-state index in [9.17, 15) is 23.3 Å². The van der Waals surface area contributed by atoms with Crippen molar-refractivity contribution in [3.8, 4) is 0 Å². The maximum atomic E-state index is 12.1. The molecule has 0 radical (unpaired) electrons. The summed E-state index contributed by atoms with van der Waals surface area (Å²) in [4.78, 5) is 25.3. The molecular formula is C12H12N2O6S. The number of sulfone groups is 1. The number of hydrogen-bond acceptors (Lipinski definition) is 7. The van der Waals surface area contributed by atoms with Crippen molar-refractivity contribution in [2.75, 3.05) is 12.4 Å². The van der Waals surface area contributed by atoms with Crippen molar-refractivity contribution in [2.24, 2.45) is 4.99 Å². The average molecular weight is 312 g/mol. The van der Waals surface area contributed by atoms with Gasteiger partial charge >= 0.3 is 5.97 Å². The van der Waals surface area contributed by atoms with E-state index in [-0.39, 0.29) is 35.0 Å². The van der Waals surface area contributed by atoms with E-state index in [2.05, 4.69) is 4.99 Å². The lowest BCUT2D eigenvalue weighted by atomic mass is 10.2.